The van der Waals surface area contributed by atoms with Crippen LogP contribution in [0, 0.1) is 5.92 Å². The molecule has 0 aromatic heterocycles. The van der Waals surface area contributed by atoms with Crippen molar-refractivity contribution in [1.82, 2.24) is 10.2 Å². The van der Waals surface area contributed by atoms with Crippen LogP contribution in [0.4, 0.5) is 0 Å². The minimum atomic E-state index is 0.647. The highest BCUT2D eigenvalue weighted by Crippen LogP contribution is 2.15. The van der Waals surface area contributed by atoms with E-state index < -0.39 is 0 Å². The van der Waals surface area contributed by atoms with Crippen molar-refractivity contribution in [1.29, 1.82) is 0 Å². The summed E-state index contributed by atoms with van der Waals surface area (Å²) in [6, 6.07) is 1.34. The molecular weight excluding hydrogens is 196 g/mol. The van der Waals surface area contributed by atoms with Gasteiger partial charge in [0.2, 0.25) is 0 Å². The van der Waals surface area contributed by atoms with Crippen molar-refractivity contribution in [2.24, 2.45) is 5.92 Å². The standard InChI is InChI=1S/C14H32N2/c1-7-10-13(15-6)14(8-2)16(9-3)11-12(4)5/h12-15H,7-11H2,1-6H3. The van der Waals surface area contributed by atoms with Crippen molar-refractivity contribution in [3.63, 3.8) is 0 Å². The summed E-state index contributed by atoms with van der Waals surface area (Å²) in [6.45, 7) is 13.9. The van der Waals surface area contributed by atoms with Crippen LogP contribution < -0.4 is 5.32 Å². The molecule has 0 aromatic carbocycles. The Labute approximate surface area is 103 Å². The summed E-state index contributed by atoms with van der Waals surface area (Å²) in [5.74, 6) is 0.758. The average Bonchev–Trinajstić information content (AvgIpc) is 2.26. The highest BCUT2D eigenvalue weighted by molar-refractivity contribution is 4.82. The number of hydrogen-bond donors (Lipinski definition) is 1. The van der Waals surface area contributed by atoms with Gasteiger partial charge >= 0.3 is 0 Å². The van der Waals surface area contributed by atoms with Gasteiger partial charge in [0.05, 0.1) is 0 Å². The van der Waals surface area contributed by atoms with Gasteiger partial charge in [0, 0.05) is 18.6 Å². The van der Waals surface area contributed by atoms with Crippen LogP contribution in [0.5, 0.6) is 0 Å². The van der Waals surface area contributed by atoms with Crippen molar-refractivity contribution in [3.05, 3.63) is 0 Å². The Balaban J connectivity index is 4.49. The van der Waals surface area contributed by atoms with Gasteiger partial charge in [-0.3, -0.25) is 4.90 Å². The Morgan fingerprint density at radius 1 is 1.12 bits per heavy atom. The number of rotatable bonds is 9. The third-order valence-electron chi connectivity index (χ3n) is 3.33. The fraction of sp³-hybridized carbons (Fsp3) is 1.00. The number of likely N-dealkylation sites (N-methyl/N-ethyl adjacent to an activating group) is 2. The molecule has 0 radical (unpaired) electrons. The SMILES string of the molecule is CCCC(NC)C(CC)N(CC)CC(C)C. The fourth-order valence-corrected chi connectivity index (χ4v) is 2.61. The van der Waals surface area contributed by atoms with Crippen molar-refractivity contribution < 1.29 is 0 Å². The van der Waals surface area contributed by atoms with E-state index in [0.717, 1.165) is 5.92 Å². The summed E-state index contributed by atoms with van der Waals surface area (Å²) in [7, 11) is 2.10. The summed E-state index contributed by atoms with van der Waals surface area (Å²) in [6.07, 6.45) is 3.79. The maximum absolute atomic E-state index is 3.50. The van der Waals surface area contributed by atoms with Gasteiger partial charge in [0.1, 0.15) is 0 Å². The van der Waals surface area contributed by atoms with Gasteiger partial charge in [-0.15, -0.1) is 0 Å². The lowest BCUT2D eigenvalue weighted by Crippen LogP contribution is -2.49. The van der Waals surface area contributed by atoms with Crippen LogP contribution in [0.2, 0.25) is 0 Å². The summed E-state index contributed by atoms with van der Waals surface area (Å²) < 4.78 is 0. The van der Waals surface area contributed by atoms with Crippen LogP contribution in [0.15, 0.2) is 0 Å². The van der Waals surface area contributed by atoms with Gasteiger partial charge in [-0.25, -0.2) is 0 Å². The summed E-state index contributed by atoms with van der Waals surface area (Å²) >= 11 is 0. The molecule has 0 bridgehead atoms. The molecule has 98 valence electrons. The average molecular weight is 228 g/mol. The third-order valence-corrected chi connectivity index (χ3v) is 3.33. The fourth-order valence-electron chi connectivity index (χ4n) is 2.61. The van der Waals surface area contributed by atoms with Crippen LogP contribution in [0.3, 0.4) is 0 Å². The number of nitrogens with one attached hydrogen (secondary N) is 1. The molecule has 0 saturated heterocycles. The van der Waals surface area contributed by atoms with E-state index in [1.54, 1.807) is 0 Å². The van der Waals surface area contributed by atoms with Crippen LogP contribution in [0.1, 0.15) is 53.9 Å². The molecule has 0 heterocycles. The highest BCUT2D eigenvalue weighted by atomic mass is 15.2. The zero-order valence-corrected chi connectivity index (χ0v) is 12.2. The summed E-state index contributed by atoms with van der Waals surface area (Å²) in [5, 5.41) is 3.50. The smallest absolute Gasteiger partial charge is 0.0246 e. The molecule has 2 heteroatoms. The first-order valence-electron chi connectivity index (χ1n) is 7.01. The molecule has 0 aliphatic rings. The number of nitrogens with zero attached hydrogens (tertiary/aromatic N) is 1. The normalized spacial score (nSPS) is 15.8. The van der Waals surface area contributed by atoms with Gasteiger partial charge in [0.15, 0.2) is 0 Å². The predicted molar refractivity (Wildman–Crippen MR) is 73.9 cm³/mol. The highest BCUT2D eigenvalue weighted by Gasteiger charge is 2.23. The van der Waals surface area contributed by atoms with Crippen molar-refractivity contribution in [3.8, 4) is 0 Å². The Morgan fingerprint density at radius 2 is 1.75 bits per heavy atom. The quantitative estimate of drug-likeness (QED) is 0.652. The maximum Gasteiger partial charge on any atom is 0.0246 e. The minimum absolute atomic E-state index is 0.647. The molecule has 0 aromatic rings. The van der Waals surface area contributed by atoms with Crippen molar-refractivity contribution >= 4 is 0 Å². The Hall–Kier alpha value is -0.0800. The molecule has 0 amide bonds. The van der Waals surface area contributed by atoms with E-state index in [2.05, 4.69) is 51.9 Å². The lowest BCUT2D eigenvalue weighted by molar-refractivity contribution is 0.141. The molecule has 0 spiro atoms. The van der Waals surface area contributed by atoms with Crippen molar-refractivity contribution in [2.75, 3.05) is 20.1 Å². The van der Waals surface area contributed by atoms with Crippen LogP contribution in [0.25, 0.3) is 0 Å². The second-order valence-corrected chi connectivity index (χ2v) is 5.14. The van der Waals surface area contributed by atoms with Crippen LogP contribution in [-0.2, 0) is 0 Å². The number of hydrogen-bond acceptors (Lipinski definition) is 2. The first kappa shape index (κ1) is 15.9. The topological polar surface area (TPSA) is 15.3 Å². The Kier molecular flexibility index (Phi) is 8.96. The van der Waals surface area contributed by atoms with Gasteiger partial charge in [-0.2, -0.15) is 0 Å². The van der Waals surface area contributed by atoms with E-state index in [-0.39, 0.29) is 0 Å². The van der Waals surface area contributed by atoms with E-state index >= 15 is 0 Å². The van der Waals surface area contributed by atoms with E-state index in [4.69, 9.17) is 0 Å². The van der Waals surface area contributed by atoms with Crippen LogP contribution in [-0.4, -0.2) is 37.1 Å². The van der Waals surface area contributed by atoms with E-state index in [1.807, 2.05) is 0 Å². The molecule has 1 N–H and O–H groups in total. The summed E-state index contributed by atoms with van der Waals surface area (Å²) in [5.41, 5.74) is 0. The minimum Gasteiger partial charge on any atom is -0.315 e. The first-order chi connectivity index (χ1) is 7.60. The Morgan fingerprint density at radius 3 is 2.06 bits per heavy atom. The molecule has 16 heavy (non-hydrogen) atoms. The summed E-state index contributed by atoms with van der Waals surface area (Å²) in [4.78, 5) is 2.64. The second-order valence-electron chi connectivity index (χ2n) is 5.14. The van der Waals surface area contributed by atoms with Gasteiger partial charge in [-0.05, 0) is 32.4 Å². The zero-order valence-electron chi connectivity index (χ0n) is 12.2. The van der Waals surface area contributed by atoms with Gasteiger partial charge in [-0.1, -0.05) is 41.0 Å². The molecule has 2 nitrogen and oxygen atoms in total. The zero-order chi connectivity index (χ0) is 12.6. The maximum atomic E-state index is 3.50. The largest absolute Gasteiger partial charge is 0.315 e. The monoisotopic (exact) mass is 228 g/mol. The lowest BCUT2D eigenvalue weighted by Gasteiger charge is -2.37. The van der Waals surface area contributed by atoms with E-state index in [9.17, 15) is 0 Å². The van der Waals surface area contributed by atoms with Crippen molar-refractivity contribution in [2.45, 2.75) is 66.0 Å². The van der Waals surface area contributed by atoms with Gasteiger partial charge < -0.3 is 5.32 Å². The molecule has 2 atom stereocenters. The second kappa shape index (κ2) is 9.00. The molecule has 0 aliphatic carbocycles. The van der Waals surface area contributed by atoms with Crippen LogP contribution >= 0.6 is 0 Å². The molecule has 0 aliphatic heterocycles. The third kappa shape index (κ3) is 5.31. The van der Waals surface area contributed by atoms with E-state index in [1.165, 1.54) is 32.4 Å². The Bertz CT molecular complexity index is 157. The molecule has 0 saturated carbocycles. The lowest BCUT2D eigenvalue weighted by atomic mass is 9.98. The molecule has 2 unspecified atom stereocenters. The predicted octanol–water partition coefficient (Wildman–Crippen LogP) is 3.13. The van der Waals surface area contributed by atoms with E-state index in [0.29, 0.717) is 12.1 Å². The molecular formula is C14H32N2. The first-order valence-corrected chi connectivity index (χ1v) is 7.01. The molecule has 0 rings (SSSR count). The van der Waals surface area contributed by atoms with Gasteiger partial charge in [0.25, 0.3) is 0 Å². The molecule has 0 fully saturated rings.